The van der Waals surface area contributed by atoms with Crippen molar-refractivity contribution in [1.82, 2.24) is 5.43 Å². The molecule has 0 amide bonds. The van der Waals surface area contributed by atoms with Crippen molar-refractivity contribution in [2.45, 2.75) is 13.0 Å². The lowest BCUT2D eigenvalue weighted by Gasteiger charge is -2.18. The molecule has 2 nitrogen and oxygen atoms in total. The predicted molar refractivity (Wildman–Crippen MR) is 74.4 cm³/mol. The van der Waals surface area contributed by atoms with E-state index in [2.05, 4.69) is 21.4 Å². The van der Waals surface area contributed by atoms with E-state index in [0.717, 1.165) is 10.0 Å². The minimum Gasteiger partial charge on any atom is -0.271 e. The first-order valence-corrected chi connectivity index (χ1v) is 6.50. The maximum absolute atomic E-state index is 14.0. The Morgan fingerprint density at radius 2 is 1.89 bits per heavy atom. The molecule has 0 aliphatic carbocycles. The fourth-order valence-electron chi connectivity index (χ4n) is 1.94. The molecule has 0 heterocycles. The third-order valence-corrected chi connectivity index (χ3v) is 3.46. The molecule has 0 aliphatic rings. The Bertz CT molecular complexity index is 602. The van der Waals surface area contributed by atoms with Crippen LogP contribution in [0.4, 0.5) is 8.78 Å². The Hall–Kier alpha value is -1.30. The van der Waals surface area contributed by atoms with Crippen molar-refractivity contribution in [2.75, 3.05) is 0 Å². The number of rotatable bonds is 3. The molecule has 19 heavy (non-hydrogen) atoms. The molecule has 0 aromatic heterocycles. The first-order chi connectivity index (χ1) is 9.04. The number of nitrogens with one attached hydrogen (secondary N) is 1. The van der Waals surface area contributed by atoms with Gasteiger partial charge in [-0.25, -0.2) is 14.2 Å². The van der Waals surface area contributed by atoms with Gasteiger partial charge in [0.1, 0.15) is 0 Å². The van der Waals surface area contributed by atoms with Crippen molar-refractivity contribution in [3.05, 3.63) is 69.2 Å². The maximum atomic E-state index is 14.0. The highest BCUT2D eigenvalue weighted by Gasteiger charge is 2.20. The van der Waals surface area contributed by atoms with Gasteiger partial charge in [-0.1, -0.05) is 40.2 Å². The van der Waals surface area contributed by atoms with Crippen molar-refractivity contribution >= 4 is 15.9 Å². The fourth-order valence-corrected chi connectivity index (χ4v) is 2.35. The van der Waals surface area contributed by atoms with Gasteiger partial charge in [0.2, 0.25) is 0 Å². The zero-order valence-electron chi connectivity index (χ0n) is 10.3. The summed E-state index contributed by atoms with van der Waals surface area (Å²) in [5.41, 5.74) is 3.72. The molecule has 0 saturated heterocycles. The second-order valence-corrected chi connectivity index (χ2v) is 5.17. The summed E-state index contributed by atoms with van der Waals surface area (Å²) in [5, 5.41) is 0. The van der Waals surface area contributed by atoms with E-state index in [9.17, 15) is 8.78 Å². The molecule has 0 saturated carbocycles. The maximum Gasteiger partial charge on any atom is 0.164 e. The molecule has 1 atom stereocenters. The number of hydrazine groups is 1. The summed E-state index contributed by atoms with van der Waals surface area (Å²) >= 11 is 3.34. The smallest absolute Gasteiger partial charge is 0.164 e. The van der Waals surface area contributed by atoms with E-state index in [1.165, 1.54) is 13.0 Å². The highest BCUT2D eigenvalue weighted by atomic mass is 79.9. The van der Waals surface area contributed by atoms with Gasteiger partial charge in [-0.05, 0) is 30.2 Å². The van der Waals surface area contributed by atoms with Crippen molar-refractivity contribution in [3.8, 4) is 0 Å². The summed E-state index contributed by atoms with van der Waals surface area (Å²) in [5.74, 6) is 3.78. The standard InChI is InChI=1S/C14H13BrF2N2/c1-8-5-6-11(13(17)12(8)16)14(19-18)9-3-2-4-10(15)7-9/h2-7,14,19H,18H2,1H3. The number of nitrogens with two attached hydrogens (primary N) is 1. The highest BCUT2D eigenvalue weighted by Crippen LogP contribution is 2.27. The zero-order chi connectivity index (χ0) is 14.0. The Morgan fingerprint density at radius 3 is 2.53 bits per heavy atom. The van der Waals surface area contributed by atoms with Gasteiger partial charge in [0.05, 0.1) is 6.04 Å². The third kappa shape index (κ3) is 2.83. The van der Waals surface area contributed by atoms with Crippen LogP contribution in [-0.2, 0) is 0 Å². The van der Waals surface area contributed by atoms with Crippen LogP contribution in [0.3, 0.4) is 0 Å². The Labute approximate surface area is 118 Å². The van der Waals surface area contributed by atoms with Gasteiger partial charge in [0.15, 0.2) is 11.6 Å². The minimum absolute atomic E-state index is 0.184. The number of hydrogen-bond acceptors (Lipinski definition) is 2. The molecule has 2 rings (SSSR count). The summed E-state index contributed by atoms with van der Waals surface area (Å²) in [6.45, 7) is 1.52. The van der Waals surface area contributed by atoms with E-state index >= 15 is 0 Å². The summed E-state index contributed by atoms with van der Waals surface area (Å²) in [7, 11) is 0. The second kappa shape index (κ2) is 5.77. The summed E-state index contributed by atoms with van der Waals surface area (Å²) in [4.78, 5) is 0. The van der Waals surface area contributed by atoms with Crippen molar-refractivity contribution in [1.29, 1.82) is 0 Å². The van der Waals surface area contributed by atoms with Gasteiger partial charge in [-0.3, -0.25) is 5.84 Å². The lowest BCUT2D eigenvalue weighted by atomic mass is 9.97. The quantitative estimate of drug-likeness (QED) is 0.668. The van der Waals surface area contributed by atoms with E-state index < -0.39 is 17.7 Å². The molecule has 0 aliphatic heterocycles. The Balaban J connectivity index is 2.51. The summed E-state index contributed by atoms with van der Waals surface area (Å²) in [6.07, 6.45) is 0. The van der Waals surface area contributed by atoms with Crippen LogP contribution >= 0.6 is 15.9 Å². The number of benzene rings is 2. The normalized spacial score (nSPS) is 12.5. The van der Waals surface area contributed by atoms with Crippen LogP contribution < -0.4 is 11.3 Å². The molecule has 0 bridgehead atoms. The Kier molecular flexibility index (Phi) is 4.29. The lowest BCUT2D eigenvalue weighted by Crippen LogP contribution is -2.29. The van der Waals surface area contributed by atoms with Gasteiger partial charge in [-0.2, -0.15) is 0 Å². The first-order valence-electron chi connectivity index (χ1n) is 5.70. The molecule has 0 fully saturated rings. The average Bonchev–Trinajstić information content (AvgIpc) is 2.40. The lowest BCUT2D eigenvalue weighted by molar-refractivity contribution is 0.478. The molecule has 1 unspecified atom stereocenters. The van der Waals surface area contributed by atoms with Gasteiger partial charge < -0.3 is 0 Å². The average molecular weight is 327 g/mol. The highest BCUT2D eigenvalue weighted by molar-refractivity contribution is 9.10. The summed E-state index contributed by atoms with van der Waals surface area (Å²) < 4.78 is 28.5. The largest absolute Gasteiger partial charge is 0.271 e. The molecule has 2 aromatic rings. The zero-order valence-corrected chi connectivity index (χ0v) is 11.8. The molecule has 0 radical (unpaired) electrons. The topological polar surface area (TPSA) is 38.0 Å². The van der Waals surface area contributed by atoms with Crippen LogP contribution in [0.25, 0.3) is 0 Å². The monoisotopic (exact) mass is 326 g/mol. The molecule has 0 spiro atoms. The van der Waals surface area contributed by atoms with E-state index in [-0.39, 0.29) is 11.1 Å². The van der Waals surface area contributed by atoms with Gasteiger partial charge in [-0.15, -0.1) is 0 Å². The number of halogens is 3. The molecular weight excluding hydrogens is 314 g/mol. The van der Waals surface area contributed by atoms with Crippen molar-refractivity contribution in [3.63, 3.8) is 0 Å². The van der Waals surface area contributed by atoms with E-state index in [0.29, 0.717) is 0 Å². The first kappa shape index (κ1) is 14.1. The third-order valence-electron chi connectivity index (χ3n) is 2.96. The van der Waals surface area contributed by atoms with E-state index in [1.54, 1.807) is 12.1 Å². The fraction of sp³-hybridized carbons (Fsp3) is 0.143. The van der Waals surface area contributed by atoms with E-state index in [4.69, 9.17) is 5.84 Å². The number of hydrogen-bond donors (Lipinski definition) is 2. The minimum atomic E-state index is -0.872. The van der Waals surface area contributed by atoms with Crippen molar-refractivity contribution < 1.29 is 8.78 Å². The van der Waals surface area contributed by atoms with Crippen LogP contribution in [0.5, 0.6) is 0 Å². The van der Waals surface area contributed by atoms with E-state index in [1.807, 2.05) is 18.2 Å². The molecule has 5 heteroatoms. The SMILES string of the molecule is Cc1ccc(C(NN)c2cccc(Br)c2)c(F)c1F. The molecular formula is C14H13BrF2N2. The van der Waals surface area contributed by atoms with Crippen LogP contribution in [0.2, 0.25) is 0 Å². The second-order valence-electron chi connectivity index (χ2n) is 4.25. The van der Waals surface area contributed by atoms with Gasteiger partial charge in [0, 0.05) is 10.0 Å². The van der Waals surface area contributed by atoms with Crippen LogP contribution in [-0.4, -0.2) is 0 Å². The van der Waals surface area contributed by atoms with Gasteiger partial charge >= 0.3 is 0 Å². The van der Waals surface area contributed by atoms with Crippen LogP contribution in [0, 0.1) is 18.6 Å². The van der Waals surface area contributed by atoms with Crippen LogP contribution in [0.1, 0.15) is 22.7 Å². The predicted octanol–water partition coefficient (Wildman–Crippen LogP) is 3.59. The summed E-state index contributed by atoms with van der Waals surface area (Å²) in [6, 6.07) is 9.74. The van der Waals surface area contributed by atoms with Crippen LogP contribution in [0.15, 0.2) is 40.9 Å². The molecule has 100 valence electrons. The van der Waals surface area contributed by atoms with Crippen molar-refractivity contribution in [2.24, 2.45) is 5.84 Å². The van der Waals surface area contributed by atoms with Gasteiger partial charge in [0.25, 0.3) is 0 Å². The Morgan fingerprint density at radius 1 is 1.16 bits per heavy atom. The molecule has 3 N–H and O–H groups in total. The number of aryl methyl sites for hydroxylation is 1. The molecule has 2 aromatic carbocycles.